The van der Waals surface area contributed by atoms with Crippen molar-refractivity contribution in [3.8, 4) is 5.75 Å². The smallest absolute Gasteiger partial charge is 0.250 e. The number of amides is 2. The topological polar surface area (TPSA) is 58.6 Å². The third kappa shape index (κ3) is 2.48. The van der Waals surface area contributed by atoms with Crippen LogP contribution in [0.15, 0.2) is 24.3 Å². The van der Waals surface area contributed by atoms with Crippen LogP contribution in [0.3, 0.4) is 0 Å². The van der Waals surface area contributed by atoms with Gasteiger partial charge in [0.2, 0.25) is 5.91 Å². The van der Waals surface area contributed by atoms with Crippen molar-refractivity contribution in [2.75, 3.05) is 12.0 Å². The maximum Gasteiger partial charge on any atom is 0.250 e. The van der Waals surface area contributed by atoms with Gasteiger partial charge in [0.15, 0.2) is 0 Å². The van der Waals surface area contributed by atoms with Crippen LogP contribution >= 0.6 is 0 Å². The fourth-order valence-electron chi connectivity index (χ4n) is 2.34. The molecule has 1 saturated heterocycles. The molecule has 0 aromatic heterocycles. The van der Waals surface area contributed by atoms with Crippen LogP contribution in [0, 0.1) is 5.92 Å². The average Bonchev–Trinajstić information content (AvgIpc) is 2.43. The summed E-state index contributed by atoms with van der Waals surface area (Å²) in [5.74, 6) is 0.576. The molecule has 5 nitrogen and oxygen atoms in total. The first-order valence-corrected chi connectivity index (χ1v) is 6.73. The van der Waals surface area contributed by atoms with Gasteiger partial charge in [-0.3, -0.25) is 14.5 Å². The van der Waals surface area contributed by atoms with Crippen LogP contribution in [0.4, 0.5) is 5.69 Å². The van der Waals surface area contributed by atoms with Gasteiger partial charge in [0.25, 0.3) is 5.91 Å². The predicted octanol–water partition coefficient (Wildman–Crippen LogP) is 1.57. The molecule has 2 unspecified atom stereocenters. The van der Waals surface area contributed by atoms with E-state index in [0.29, 0.717) is 5.69 Å². The molecular formula is C15H20N2O3. The van der Waals surface area contributed by atoms with E-state index in [1.807, 2.05) is 13.8 Å². The van der Waals surface area contributed by atoms with E-state index in [2.05, 4.69) is 5.32 Å². The molecule has 2 rings (SSSR count). The number of carbonyl (C=O) groups excluding carboxylic acids is 2. The molecule has 1 N–H and O–H groups in total. The fraction of sp³-hybridized carbons (Fsp3) is 0.467. The van der Waals surface area contributed by atoms with Crippen molar-refractivity contribution in [1.29, 1.82) is 0 Å². The summed E-state index contributed by atoms with van der Waals surface area (Å²) in [5.41, 5.74) is 0.712. The van der Waals surface area contributed by atoms with Gasteiger partial charge in [-0.2, -0.15) is 0 Å². The van der Waals surface area contributed by atoms with Gasteiger partial charge in [0, 0.05) is 5.69 Å². The highest BCUT2D eigenvalue weighted by Crippen LogP contribution is 2.25. The van der Waals surface area contributed by atoms with Crippen molar-refractivity contribution >= 4 is 17.5 Å². The highest BCUT2D eigenvalue weighted by Gasteiger charge is 2.40. The summed E-state index contributed by atoms with van der Waals surface area (Å²) >= 11 is 0. The number of piperazine rings is 1. The van der Waals surface area contributed by atoms with Gasteiger partial charge in [0.1, 0.15) is 17.8 Å². The van der Waals surface area contributed by atoms with Gasteiger partial charge in [-0.15, -0.1) is 0 Å². The maximum atomic E-state index is 12.6. The van der Waals surface area contributed by atoms with Crippen LogP contribution < -0.4 is 15.0 Å². The number of nitrogens with zero attached hydrogens (tertiary/aromatic N) is 1. The van der Waals surface area contributed by atoms with E-state index in [9.17, 15) is 9.59 Å². The molecule has 1 aromatic rings. The molecule has 108 valence electrons. The molecule has 20 heavy (non-hydrogen) atoms. The van der Waals surface area contributed by atoms with Crippen molar-refractivity contribution in [2.45, 2.75) is 32.9 Å². The normalized spacial score (nSPS) is 22.9. The van der Waals surface area contributed by atoms with Crippen molar-refractivity contribution in [1.82, 2.24) is 5.32 Å². The lowest BCUT2D eigenvalue weighted by Gasteiger charge is -2.38. The third-order valence-electron chi connectivity index (χ3n) is 3.59. The van der Waals surface area contributed by atoms with Crippen molar-refractivity contribution in [3.63, 3.8) is 0 Å². The zero-order chi connectivity index (χ0) is 14.9. The number of methoxy groups -OCH3 is 1. The Bertz CT molecular complexity index is 510. The van der Waals surface area contributed by atoms with Crippen LogP contribution in [0.5, 0.6) is 5.75 Å². The average molecular weight is 276 g/mol. The Hall–Kier alpha value is -2.04. The van der Waals surface area contributed by atoms with Crippen LogP contribution in [0.25, 0.3) is 0 Å². The Labute approximate surface area is 118 Å². The predicted molar refractivity (Wildman–Crippen MR) is 76.7 cm³/mol. The molecule has 1 aliphatic rings. The lowest BCUT2D eigenvalue weighted by molar-refractivity contribution is -0.134. The van der Waals surface area contributed by atoms with E-state index >= 15 is 0 Å². The first-order chi connectivity index (χ1) is 9.45. The molecule has 2 atom stereocenters. The summed E-state index contributed by atoms with van der Waals surface area (Å²) in [6.07, 6.45) is 0. The summed E-state index contributed by atoms with van der Waals surface area (Å²) in [5, 5.41) is 2.78. The Kier molecular flexibility index (Phi) is 3.97. The minimum Gasteiger partial charge on any atom is -0.497 e. The quantitative estimate of drug-likeness (QED) is 0.911. The van der Waals surface area contributed by atoms with Crippen molar-refractivity contribution in [3.05, 3.63) is 24.3 Å². The second-order valence-electron chi connectivity index (χ2n) is 5.31. The van der Waals surface area contributed by atoms with Gasteiger partial charge < -0.3 is 10.1 Å². The van der Waals surface area contributed by atoms with E-state index < -0.39 is 12.1 Å². The van der Waals surface area contributed by atoms with Crippen LogP contribution in [-0.4, -0.2) is 31.0 Å². The Morgan fingerprint density at radius 1 is 1.20 bits per heavy atom. The van der Waals surface area contributed by atoms with E-state index in [-0.39, 0.29) is 17.7 Å². The number of benzene rings is 1. The first kappa shape index (κ1) is 14.4. The van der Waals surface area contributed by atoms with Crippen LogP contribution in [0.1, 0.15) is 20.8 Å². The van der Waals surface area contributed by atoms with E-state index in [0.717, 1.165) is 5.75 Å². The molecule has 0 saturated carbocycles. The monoisotopic (exact) mass is 276 g/mol. The van der Waals surface area contributed by atoms with Gasteiger partial charge in [-0.25, -0.2) is 0 Å². The molecule has 1 aromatic carbocycles. The maximum absolute atomic E-state index is 12.6. The third-order valence-corrected chi connectivity index (χ3v) is 3.59. The Morgan fingerprint density at radius 3 is 2.30 bits per heavy atom. The molecule has 1 heterocycles. The standard InChI is InChI=1S/C15H20N2O3/c1-9(2)13-15(19)17(10(3)14(18)16-13)11-5-7-12(20-4)8-6-11/h5-10,13H,1-4H3,(H,16,18). The number of hydrogen-bond donors (Lipinski definition) is 1. The summed E-state index contributed by atoms with van der Waals surface area (Å²) < 4.78 is 5.11. The molecule has 0 aliphatic carbocycles. The van der Waals surface area contributed by atoms with E-state index in [4.69, 9.17) is 4.74 Å². The SMILES string of the molecule is COc1ccc(N2C(=O)C(C(C)C)NC(=O)C2C)cc1. The van der Waals surface area contributed by atoms with Crippen LogP contribution in [-0.2, 0) is 9.59 Å². The highest BCUT2D eigenvalue weighted by atomic mass is 16.5. The zero-order valence-electron chi connectivity index (χ0n) is 12.2. The molecule has 2 amide bonds. The molecule has 1 aliphatic heterocycles. The summed E-state index contributed by atoms with van der Waals surface area (Å²) in [6, 6.07) is 6.18. The van der Waals surface area contributed by atoms with Crippen molar-refractivity contribution < 1.29 is 14.3 Å². The second kappa shape index (κ2) is 5.53. The summed E-state index contributed by atoms with van der Waals surface area (Å²) in [4.78, 5) is 26.1. The summed E-state index contributed by atoms with van der Waals surface area (Å²) in [7, 11) is 1.59. The fourth-order valence-corrected chi connectivity index (χ4v) is 2.34. The number of carbonyl (C=O) groups is 2. The molecule has 5 heteroatoms. The largest absolute Gasteiger partial charge is 0.497 e. The minimum atomic E-state index is -0.508. The number of anilines is 1. The van der Waals surface area contributed by atoms with Crippen LogP contribution in [0.2, 0.25) is 0 Å². The van der Waals surface area contributed by atoms with Gasteiger partial charge in [-0.1, -0.05) is 13.8 Å². The lowest BCUT2D eigenvalue weighted by atomic mass is 9.98. The zero-order valence-corrected chi connectivity index (χ0v) is 12.2. The number of rotatable bonds is 3. The molecular weight excluding hydrogens is 256 g/mol. The van der Waals surface area contributed by atoms with E-state index in [1.165, 1.54) is 0 Å². The minimum absolute atomic E-state index is 0.0553. The van der Waals surface area contributed by atoms with Crippen molar-refractivity contribution in [2.24, 2.45) is 5.92 Å². The number of ether oxygens (including phenoxy) is 1. The van der Waals surface area contributed by atoms with Gasteiger partial charge >= 0.3 is 0 Å². The van der Waals surface area contributed by atoms with E-state index in [1.54, 1.807) is 43.2 Å². The Balaban J connectivity index is 2.35. The second-order valence-corrected chi connectivity index (χ2v) is 5.31. The van der Waals surface area contributed by atoms with Gasteiger partial charge in [-0.05, 0) is 37.1 Å². The number of hydrogen-bond acceptors (Lipinski definition) is 3. The highest BCUT2D eigenvalue weighted by molar-refractivity contribution is 6.08. The molecule has 0 radical (unpaired) electrons. The molecule has 0 spiro atoms. The Morgan fingerprint density at radius 2 is 1.80 bits per heavy atom. The van der Waals surface area contributed by atoms with Gasteiger partial charge in [0.05, 0.1) is 7.11 Å². The first-order valence-electron chi connectivity index (χ1n) is 6.73. The lowest BCUT2D eigenvalue weighted by Crippen LogP contribution is -2.64. The molecule has 0 bridgehead atoms. The molecule has 1 fully saturated rings. The number of nitrogens with one attached hydrogen (secondary N) is 1. The summed E-state index contributed by atoms with van der Waals surface area (Å²) in [6.45, 7) is 5.57.